The summed E-state index contributed by atoms with van der Waals surface area (Å²) in [5.41, 5.74) is 0.680. The Kier molecular flexibility index (Phi) is 3.91. The van der Waals surface area contributed by atoms with Crippen LogP contribution in [0.1, 0.15) is 33.1 Å². The van der Waals surface area contributed by atoms with Gasteiger partial charge in [-0.05, 0) is 50.2 Å². The number of rotatable bonds is 6. The zero-order valence-corrected chi connectivity index (χ0v) is 9.34. The predicted octanol–water partition coefficient (Wildman–Crippen LogP) is 2.52. The summed E-state index contributed by atoms with van der Waals surface area (Å²) >= 11 is 1.98. The van der Waals surface area contributed by atoms with Crippen molar-refractivity contribution < 1.29 is 0 Å². The Labute approximate surface area is 80.7 Å². The van der Waals surface area contributed by atoms with Crippen LogP contribution < -0.4 is 5.32 Å². The molecule has 1 N–H and O–H groups in total. The molecule has 0 heterocycles. The molecular formula is C10H21NS. The smallest absolute Gasteiger partial charge is 0.00953 e. The molecule has 72 valence electrons. The van der Waals surface area contributed by atoms with Gasteiger partial charge in [-0.1, -0.05) is 6.92 Å². The summed E-state index contributed by atoms with van der Waals surface area (Å²) in [6.45, 7) is 5.65. The summed E-state index contributed by atoms with van der Waals surface area (Å²) in [6, 6.07) is 0.731. The van der Waals surface area contributed by atoms with Gasteiger partial charge in [0, 0.05) is 6.04 Å². The van der Waals surface area contributed by atoms with Crippen LogP contribution in [0.3, 0.4) is 0 Å². The molecule has 12 heavy (non-hydrogen) atoms. The van der Waals surface area contributed by atoms with Crippen LogP contribution in [0.4, 0.5) is 0 Å². The van der Waals surface area contributed by atoms with Crippen molar-refractivity contribution in [2.24, 2.45) is 5.41 Å². The maximum absolute atomic E-state index is 3.55. The lowest BCUT2D eigenvalue weighted by molar-refractivity contribution is 0.350. The van der Waals surface area contributed by atoms with Crippen molar-refractivity contribution in [3.63, 3.8) is 0 Å². The summed E-state index contributed by atoms with van der Waals surface area (Å²) in [4.78, 5) is 0. The minimum absolute atomic E-state index is 0.680. The van der Waals surface area contributed by atoms with E-state index < -0.39 is 0 Å². The Hall–Kier alpha value is 0.310. The molecule has 1 nitrogen and oxygen atoms in total. The lowest BCUT2D eigenvalue weighted by Gasteiger charge is -2.23. The van der Waals surface area contributed by atoms with Gasteiger partial charge >= 0.3 is 0 Å². The fourth-order valence-electron chi connectivity index (χ4n) is 1.89. The van der Waals surface area contributed by atoms with E-state index in [0.717, 1.165) is 12.6 Å². The second-order valence-electron chi connectivity index (χ2n) is 3.88. The van der Waals surface area contributed by atoms with Crippen molar-refractivity contribution in [2.45, 2.75) is 39.2 Å². The van der Waals surface area contributed by atoms with E-state index in [0.29, 0.717) is 5.41 Å². The van der Waals surface area contributed by atoms with E-state index in [-0.39, 0.29) is 0 Å². The normalized spacial score (nSPS) is 22.2. The monoisotopic (exact) mass is 187 g/mol. The van der Waals surface area contributed by atoms with Gasteiger partial charge in [0.25, 0.3) is 0 Å². The minimum Gasteiger partial charge on any atom is -0.314 e. The molecular weight excluding hydrogens is 166 g/mol. The third kappa shape index (κ3) is 2.40. The zero-order valence-electron chi connectivity index (χ0n) is 8.52. The van der Waals surface area contributed by atoms with Crippen LogP contribution in [0, 0.1) is 5.41 Å². The Balaban J connectivity index is 2.27. The molecule has 2 heteroatoms. The summed E-state index contributed by atoms with van der Waals surface area (Å²) < 4.78 is 0. The van der Waals surface area contributed by atoms with Crippen LogP contribution in [0.5, 0.6) is 0 Å². The van der Waals surface area contributed by atoms with E-state index in [2.05, 4.69) is 25.4 Å². The highest BCUT2D eigenvalue weighted by Gasteiger charge is 2.45. The van der Waals surface area contributed by atoms with E-state index >= 15 is 0 Å². The van der Waals surface area contributed by atoms with Gasteiger partial charge in [-0.3, -0.25) is 0 Å². The molecule has 1 atom stereocenters. The van der Waals surface area contributed by atoms with Crippen LogP contribution in [-0.4, -0.2) is 24.6 Å². The Morgan fingerprint density at radius 1 is 1.50 bits per heavy atom. The third-order valence-corrected chi connectivity index (χ3v) is 3.74. The van der Waals surface area contributed by atoms with Gasteiger partial charge in [-0.15, -0.1) is 0 Å². The van der Waals surface area contributed by atoms with E-state index in [4.69, 9.17) is 0 Å². The summed E-state index contributed by atoms with van der Waals surface area (Å²) in [7, 11) is 0. The molecule has 1 unspecified atom stereocenters. The molecule has 0 bridgehead atoms. The first-order valence-electron chi connectivity index (χ1n) is 4.97. The van der Waals surface area contributed by atoms with Crippen molar-refractivity contribution in [3.8, 4) is 0 Å². The van der Waals surface area contributed by atoms with E-state index in [1.165, 1.54) is 25.0 Å². The van der Waals surface area contributed by atoms with Crippen molar-refractivity contribution >= 4 is 11.8 Å². The molecule has 0 amide bonds. The van der Waals surface area contributed by atoms with E-state index in [1.54, 1.807) is 0 Å². The first-order valence-corrected chi connectivity index (χ1v) is 6.37. The zero-order chi connectivity index (χ0) is 9.03. The lowest BCUT2D eigenvalue weighted by atomic mass is 9.95. The lowest BCUT2D eigenvalue weighted by Crippen LogP contribution is -2.35. The molecule has 0 aromatic heterocycles. The van der Waals surface area contributed by atoms with Gasteiger partial charge in [0.15, 0.2) is 0 Å². The summed E-state index contributed by atoms with van der Waals surface area (Å²) in [5.74, 6) is 1.33. The molecule has 0 spiro atoms. The maximum Gasteiger partial charge on any atom is 0.00953 e. The molecule has 0 aromatic rings. The number of hydrogen-bond acceptors (Lipinski definition) is 2. The molecule has 0 radical (unpaired) electrons. The Bertz CT molecular complexity index is 132. The largest absolute Gasteiger partial charge is 0.314 e. The Morgan fingerprint density at radius 2 is 2.17 bits per heavy atom. The van der Waals surface area contributed by atoms with Gasteiger partial charge in [0.1, 0.15) is 0 Å². The molecule has 0 aliphatic heterocycles. The van der Waals surface area contributed by atoms with E-state index in [9.17, 15) is 0 Å². The molecule has 0 saturated heterocycles. The average molecular weight is 187 g/mol. The molecule has 0 aromatic carbocycles. The fourth-order valence-corrected chi connectivity index (χ4v) is 2.50. The average Bonchev–Trinajstić information content (AvgIpc) is 2.82. The van der Waals surface area contributed by atoms with Crippen molar-refractivity contribution in [3.05, 3.63) is 0 Å². The SMILES string of the molecule is CCNC(C)C1(CCSC)CC1. The van der Waals surface area contributed by atoms with Gasteiger partial charge in [0.2, 0.25) is 0 Å². The predicted molar refractivity (Wildman–Crippen MR) is 57.8 cm³/mol. The second-order valence-corrected chi connectivity index (χ2v) is 4.87. The first kappa shape index (κ1) is 10.4. The molecule has 1 fully saturated rings. The molecule has 1 saturated carbocycles. The van der Waals surface area contributed by atoms with Gasteiger partial charge in [-0.25, -0.2) is 0 Å². The molecule has 1 aliphatic rings. The Morgan fingerprint density at radius 3 is 2.58 bits per heavy atom. The highest BCUT2D eigenvalue weighted by Crippen LogP contribution is 2.52. The van der Waals surface area contributed by atoms with Crippen molar-refractivity contribution in [2.75, 3.05) is 18.6 Å². The minimum atomic E-state index is 0.680. The van der Waals surface area contributed by atoms with Crippen molar-refractivity contribution in [1.29, 1.82) is 0 Å². The number of hydrogen-bond donors (Lipinski definition) is 1. The second kappa shape index (κ2) is 4.52. The van der Waals surface area contributed by atoms with Crippen molar-refractivity contribution in [1.82, 2.24) is 5.32 Å². The summed E-state index contributed by atoms with van der Waals surface area (Å²) in [6.07, 6.45) is 6.50. The maximum atomic E-state index is 3.55. The number of nitrogens with one attached hydrogen (secondary N) is 1. The standard InChI is InChI=1S/C10H21NS/c1-4-11-9(2)10(5-6-10)7-8-12-3/h9,11H,4-8H2,1-3H3. The van der Waals surface area contributed by atoms with Gasteiger partial charge < -0.3 is 5.32 Å². The van der Waals surface area contributed by atoms with Crippen LogP contribution in [-0.2, 0) is 0 Å². The fraction of sp³-hybridized carbons (Fsp3) is 1.00. The van der Waals surface area contributed by atoms with E-state index in [1.807, 2.05) is 11.8 Å². The highest BCUT2D eigenvalue weighted by atomic mass is 32.2. The van der Waals surface area contributed by atoms with Gasteiger partial charge in [0.05, 0.1) is 0 Å². The number of thioether (sulfide) groups is 1. The van der Waals surface area contributed by atoms with Crippen LogP contribution >= 0.6 is 11.8 Å². The highest BCUT2D eigenvalue weighted by molar-refractivity contribution is 7.98. The topological polar surface area (TPSA) is 12.0 Å². The summed E-state index contributed by atoms with van der Waals surface area (Å²) in [5, 5.41) is 3.55. The molecule has 1 rings (SSSR count). The van der Waals surface area contributed by atoms with Gasteiger partial charge in [-0.2, -0.15) is 11.8 Å². The quantitative estimate of drug-likeness (QED) is 0.686. The first-order chi connectivity index (χ1) is 5.75. The molecule has 1 aliphatic carbocycles. The van der Waals surface area contributed by atoms with Crippen LogP contribution in [0.15, 0.2) is 0 Å². The van der Waals surface area contributed by atoms with Crippen LogP contribution in [0.2, 0.25) is 0 Å². The van der Waals surface area contributed by atoms with Crippen LogP contribution in [0.25, 0.3) is 0 Å². The third-order valence-electron chi connectivity index (χ3n) is 3.13.